The normalized spacial score (nSPS) is 13.6. The van der Waals surface area contributed by atoms with Crippen LogP contribution in [0.4, 0.5) is 17.1 Å². The van der Waals surface area contributed by atoms with Crippen LogP contribution >= 0.6 is 22.7 Å². The second-order valence-corrected chi connectivity index (χ2v) is 21.4. The molecule has 0 radical (unpaired) electrons. The van der Waals surface area contributed by atoms with Gasteiger partial charge in [-0.15, -0.1) is 22.7 Å². The van der Waals surface area contributed by atoms with Gasteiger partial charge in [0.2, 0.25) is 0 Å². The molecule has 0 bridgehead atoms. The summed E-state index contributed by atoms with van der Waals surface area (Å²) in [7, 11) is 2.21. The van der Waals surface area contributed by atoms with Gasteiger partial charge in [-0.25, -0.2) is 0 Å². The minimum Gasteiger partial charge on any atom is -0.344 e. The average molecular weight is 907 g/mol. The molecular weight excluding hydrogens is 861 g/mol. The van der Waals surface area contributed by atoms with Gasteiger partial charge in [0.1, 0.15) is 0 Å². The zero-order valence-corrected chi connectivity index (χ0v) is 39.8. The molecule has 1 unspecified atom stereocenters. The van der Waals surface area contributed by atoms with Crippen LogP contribution in [0.15, 0.2) is 206 Å². The highest BCUT2D eigenvalue weighted by molar-refractivity contribution is 7.26. The summed E-state index contributed by atoms with van der Waals surface area (Å²) in [5, 5.41) is 10.4. The van der Waals surface area contributed by atoms with Crippen molar-refractivity contribution in [2.45, 2.75) is 31.6 Å². The van der Waals surface area contributed by atoms with Crippen LogP contribution in [0, 0.1) is 0 Å². The fraction of sp³-hybridized carbons (Fsp3) is 0.0938. The van der Waals surface area contributed by atoms with Crippen LogP contribution in [-0.2, 0) is 18.9 Å². The van der Waals surface area contributed by atoms with E-state index in [1.807, 2.05) is 22.7 Å². The maximum atomic E-state index is 2.57. The minimum absolute atomic E-state index is 0.193. The molecule has 3 aromatic heterocycles. The Morgan fingerprint density at radius 1 is 0.471 bits per heavy atom. The number of aryl methyl sites for hydroxylation is 1. The lowest BCUT2D eigenvalue weighted by atomic mass is 9.79. The molecule has 2 nitrogen and oxygen atoms in total. The van der Waals surface area contributed by atoms with Crippen molar-refractivity contribution in [2.75, 3.05) is 4.90 Å². The number of thiophene rings is 2. The summed E-state index contributed by atoms with van der Waals surface area (Å²) in [6, 6.07) is 77.8. The Balaban J connectivity index is 0.963. The smallest absolute Gasteiger partial charge is 0.0555 e. The summed E-state index contributed by atoms with van der Waals surface area (Å²) in [5.41, 5.74) is 15.3. The van der Waals surface area contributed by atoms with Gasteiger partial charge in [0.15, 0.2) is 0 Å². The SMILES string of the molecule is Cn1c2ccccc2c2ccc(N(c3cc4c(c5ccccc35)-c3ccc(CC(c5ccccc5)c5cccc6sc7ccccc7c56)cc3C4(C)C)c3cccc4sc5ccccc5c34)cc21. The van der Waals surface area contributed by atoms with Crippen LogP contribution in [-0.4, -0.2) is 4.57 Å². The lowest BCUT2D eigenvalue weighted by molar-refractivity contribution is 0.658. The number of benzene rings is 10. The van der Waals surface area contributed by atoms with E-state index >= 15 is 0 Å². The molecular formula is C64H46N2S2. The third-order valence-electron chi connectivity index (χ3n) is 15.2. The van der Waals surface area contributed by atoms with Crippen molar-refractivity contribution in [1.29, 1.82) is 0 Å². The van der Waals surface area contributed by atoms with Crippen LogP contribution < -0.4 is 4.90 Å². The number of fused-ring (bicyclic) bond motifs is 14. The van der Waals surface area contributed by atoms with E-state index in [1.54, 1.807) is 0 Å². The summed E-state index contributed by atoms with van der Waals surface area (Å²) in [5.74, 6) is 0.193. The van der Waals surface area contributed by atoms with E-state index in [2.05, 4.69) is 237 Å². The first kappa shape index (κ1) is 39.6. The van der Waals surface area contributed by atoms with Crippen LogP contribution in [0.25, 0.3) is 84.0 Å². The molecule has 14 rings (SSSR count). The molecule has 10 aromatic carbocycles. The quantitative estimate of drug-likeness (QED) is 0.155. The standard InChI is InChI=1S/C64H46N2S2/c1-64(2)51-36-39(35-50(40-17-5-4-6-18-40)46-24-15-29-59-62(46)48-22-10-13-27-57(48)67-59)31-33-47(51)61-45-21-8-7-20-43(45)56(38-52(61)64)66(54-26-16-30-60-63(54)49-23-11-14-28-58(49)68-60)41-32-34-44-42-19-9-12-25-53(42)65(3)55(44)37-41/h4-34,36-38,50H,35H2,1-3H3. The van der Waals surface area contributed by atoms with Crippen LogP contribution in [0.2, 0.25) is 0 Å². The molecule has 3 heterocycles. The molecule has 1 atom stereocenters. The molecule has 0 saturated carbocycles. The third-order valence-corrected chi connectivity index (χ3v) is 17.5. The Hall–Kier alpha value is -7.50. The van der Waals surface area contributed by atoms with Crippen molar-refractivity contribution in [2.24, 2.45) is 7.05 Å². The summed E-state index contributed by atoms with van der Waals surface area (Å²) in [6.07, 6.45) is 0.905. The maximum Gasteiger partial charge on any atom is 0.0555 e. The van der Waals surface area contributed by atoms with Crippen LogP contribution in [0.5, 0.6) is 0 Å². The Morgan fingerprint density at radius 3 is 1.87 bits per heavy atom. The van der Waals surface area contributed by atoms with Gasteiger partial charge in [-0.3, -0.25) is 0 Å². The number of aromatic nitrogens is 1. The molecule has 1 aliphatic carbocycles. The number of anilines is 3. The lowest BCUT2D eigenvalue weighted by Gasteiger charge is -2.30. The summed E-state index contributed by atoms with van der Waals surface area (Å²) >= 11 is 3.78. The Bertz CT molecular complexity index is 4190. The van der Waals surface area contributed by atoms with Gasteiger partial charge in [0, 0.05) is 86.1 Å². The number of hydrogen-bond acceptors (Lipinski definition) is 3. The predicted octanol–water partition coefficient (Wildman–Crippen LogP) is 18.4. The van der Waals surface area contributed by atoms with Crippen molar-refractivity contribution in [3.05, 3.63) is 234 Å². The van der Waals surface area contributed by atoms with Crippen molar-refractivity contribution in [1.82, 2.24) is 4.57 Å². The minimum atomic E-state index is -0.266. The molecule has 13 aromatic rings. The van der Waals surface area contributed by atoms with Crippen LogP contribution in [0.1, 0.15) is 47.6 Å². The lowest BCUT2D eigenvalue weighted by Crippen LogP contribution is -2.17. The van der Waals surface area contributed by atoms with E-state index < -0.39 is 0 Å². The van der Waals surface area contributed by atoms with E-state index in [9.17, 15) is 0 Å². The molecule has 324 valence electrons. The first-order valence-electron chi connectivity index (χ1n) is 23.7. The molecule has 0 saturated heterocycles. The predicted molar refractivity (Wildman–Crippen MR) is 294 cm³/mol. The second-order valence-electron chi connectivity index (χ2n) is 19.2. The third kappa shape index (κ3) is 5.81. The molecule has 1 aliphatic rings. The Kier molecular flexibility index (Phi) is 8.75. The molecule has 0 N–H and O–H groups in total. The molecule has 0 fully saturated rings. The topological polar surface area (TPSA) is 8.17 Å². The van der Waals surface area contributed by atoms with Gasteiger partial charge < -0.3 is 9.47 Å². The number of para-hydroxylation sites is 1. The van der Waals surface area contributed by atoms with Gasteiger partial charge in [-0.2, -0.15) is 0 Å². The Labute approximate surface area is 403 Å². The van der Waals surface area contributed by atoms with Gasteiger partial charge in [0.25, 0.3) is 0 Å². The highest BCUT2D eigenvalue weighted by atomic mass is 32.1. The number of hydrogen-bond donors (Lipinski definition) is 0. The molecule has 68 heavy (non-hydrogen) atoms. The highest BCUT2D eigenvalue weighted by Crippen LogP contribution is 2.56. The maximum absolute atomic E-state index is 2.57. The molecule has 0 amide bonds. The highest BCUT2D eigenvalue weighted by Gasteiger charge is 2.38. The largest absolute Gasteiger partial charge is 0.344 e. The van der Waals surface area contributed by atoms with Gasteiger partial charge in [-0.05, 0) is 105 Å². The zero-order chi connectivity index (χ0) is 45.3. The molecule has 4 heteroatoms. The van der Waals surface area contributed by atoms with Crippen molar-refractivity contribution in [3.8, 4) is 11.1 Å². The fourth-order valence-corrected chi connectivity index (χ4v) is 14.2. The molecule has 0 aliphatic heterocycles. The van der Waals surface area contributed by atoms with Crippen molar-refractivity contribution < 1.29 is 0 Å². The van der Waals surface area contributed by atoms with Crippen LogP contribution in [0.3, 0.4) is 0 Å². The first-order valence-corrected chi connectivity index (χ1v) is 25.4. The van der Waals surface area contributed by atoms with Crippen molar-refractivity contribution >= 4 is 113 Å². The van der Waals surface area contributed by atoms with Crippen molar-refractivity contribution in [3.63, 3.8) is 0 Å². The fourth-order valence-electron chi connectivity index (χ4n) is 12.0. The average Bonchev–Trinajstić information content (AvgIpc) is 4.10. The first-order chi connectivity index (χ1) is 33.4. The number of rotatable bonds is 7. The second kappa shape index (κ2) is 15.0. The van der Waals surface area contributed by atoms with Gasteiger partial charge >= 0.3 is 0 Å². The summed E-state index contributed by atoms with van der Waals surface area (Å²) < 4.78 is 7.66. The zero-order valence-electron chi connectivity index (χ0n) is 38.1. The van der Waals surface area contributed by atoms with Gasteiger partial charge in [0.05, 0.1) is 16.9 Å². The van der Waals surface area contributed by atoms with E-state index in [0.29, 0.717) is 0 Å². The van der Waals surface area contributed by atoms with E-state index in [4.69, 9.17) is 0 Å². The van der Waals surface area contributed by atoms with E-state index in [1.165, 1.54) is 123 Å². The summed E-state index contributed by atoms with van der Waals surface area (Å²) in [6.45, 7) is 4.90. The Morgan fingerprint density at radius 2 is 1.09 bits per heavy atom. The molecule has 0 spiro atoms. The van der Waals surface area contributed by atoms with E-state index in [0.717, 1.165) is 12.1 Å². The summed E-state index contributed by atoms with van der Waals surface area (Å²) in [4.78, 5) is 2.57. The van der Waals surface area contributed by atoms with Gasteiger partial charge in [-0.1, -0.05) is 166 Å². The monoisotopic (exact) mass is 906 g/mol. The number of nitrogens with zero attached hydrogens (tertiary/aromatic N) is 2. The van der Waals surface area contributed by atoms with E-state index in [-0.39, 0.29) is 11.3 Å².